The van der Waals surface area contributed by atoms with E-state index in [2.05, 4.69) is 16.0 Å². The van der Waals surface area contributed by atoms with Crippen LogP contribution in [0.15, 0.2) is 54.7 Å². The molecule has 0 bridgehead atoms. The van der Waals surface area contributed by atoms with Crippen LogP contribution in [0.5, 0.6) is 0 Å². The zero-order chi connectivity index (χ0) is 15.5. The highest BCUT2D eigenvalue weighted by atomic mass is 14.9. The van der Waals surface area contributed by atoms with Crippen LogP contribution in [0.25, 0.3) is 22.5 Å². The van der Waals surface area contributed by atoms with Gasteiger partial charge in [0.25, 0.3) is 0 Å². The van der Waals surface area contributed by atoms with E-state index in [4.69, 9.17) is 5.73 Å². The fraction of sp³-hybridized carbons (Fsp3) is 0.0556. The first-order chi connectivity index (χ1) is 10.7. The van der Waals surface area contributed by atoms with E-state index in [9.17, 15) is 5.26 Å². The summed E-state index contributed by atoms with van der Waals surface area (Å²) in [4.78, 5) is 8.69. The second-order valence-corrected chi connectivity index (χ2v) is 5.01. The van der Waals surface area contributed by atoms with Gasteiger partial charge in [-0.05, 0) is 31.2 Å². The molecular formula is C18H14N4. The van der Waals surface area contributed by atoms with Crippen molar-refractivity contribution in [1.82, 2.24) is 9.97 Å². The lowest BCUT2D eigenvalue weighted by Gasteiger charge is -2.10. The third-order valence-electron chi connectivity index (χ3n) is 3.41. The average Bonchev–Trinajstić information content (AvgIpc) is 2.55. The Morgan fingerprint density at radius 2 is 1.91 bits per heavy atom. The van der Waals surface area contributed by atoms with Crippen molar-refractivity contribution >= 4 is 5.82 Å². The van der Waals surface area contributed by atoms with Crippen LogP contribution in [0.4, 0.5) is 5.82 Å². The number of aryl methyl sites for hydroxylation is 1. The van der Waals surface area contributed by atoms with Crippen molar-refractivity contribution in [2.24, 2.45) is 0 Å². The minimum absolute atomic E-state index is 0.224. The van der Waals surface area contributed by atoms with Gasteiger partial charge in [0.2, 0.25) is 0 Å². The van der Waals surface area contributed by atoms with E-state index in [-0.39, 0.29) is 5.82 Å². The molecule has 4 nitrogen and oxygen atoms in total. The molecule has 2 aromatic heterocycles. The second kappa shape index (κ2) is 5.66. The first-order valence-electron chi connectivity index (χ1n) is 6.88. The predicted octanol–water partition coefficient (Wildman–Crippen LogP) is 3.57. The molecule has 3 aromatic rings. The van der Waals surface area contributed by atoms with Gasteiger partial charge in [0.05, 0.1) is 11.4 Å². The number of benzene rings is 1. The van der Waals surface area contributed by atoms with Gasteiger partial charge in [-0.1, -0.05) is 29.8 Å². The smallest absolute Gasteiger partial charge is 0.142 e. The molecule has 0 radical (unpaired) electrons. The normalized spacial score (nSPS) is 10.2. The van der Waals surface area contributed by atoms with Crippen LogP contribution in [0.1, 0.15) is 11.1 Å². The predicted molar refractivity (Wildman–Crippen MR) is 86.8 cm³/mol. The third kappa shape index (κ3) is 2.52. The Kier molecular flexibility index (Phi) is 3.55. The van der Waals surface area contributed by atoms with Crippen LogP contribution in [0.2, 0.25) is 0 Å². The lowest BCUT2D eigenvalue weighted by Crippen LogP contribution is -2.00. The Hall–Kier alpha value is -3.19. The summed E-state index contributed by atoms with van der Waals surface area (Å²) in [7, 11) is 0. The van der Waals surface area contributed by atoms with Crippen LogP contribution in [0.3, 0.4) is 0 Å². The van der Waals surface area contributed by atoms with Crippen LogP contribution >= 0.6 is 0 Å². The molecule has 3 rings (SSSR count). The first kappa shape index (κ1) is 13.8. The van der Waals surface area contributed by atoms with Crippen LogP contribution < -0.4 is 5.73 Å². The molecule has 0 unspecified atom stereocenters. The second-order valence-electron chi connectivity index (χ2n) is 5.01. The van der Waals surface area contributed by atoms with Gasteiger partial charge in [-0.15, -0.1) is 0 Å². The standard InChI is InChI=1S/C18H14N4/c1-12-5-4-6-13(9-12)17-10-14(15(11-19)18(20)22-17)16-7-2-3-8-21-16/h2-10H,1H3,(H2,20,22). The van der Waals surface area contributed by atoms with Gasteiger partial charge < -0.3 is 5.73 Å². The Labute approximate surface area is 128 Å². The zero-order valence-corrected chi connectivity index (χ0v) is 12.1. The fourth-order valence-electron chi connectivity index (χ4n) is 2.36. The van der Waals surface area contributed by atoms with Crippen molar-refractivity contribution in [3.63, 3.8) is 0 Å². The molecule has 0 aliphatic heterocycles. The lowest BCUT2D eigenvalue weighted by atomic mass is 10.0. The molecule has 2 heterocycles. The van der Waals surface area contributed by atoms with Gasteiger partial charge in [0.1, 0.15) is 17.5 Å². The van der Waals surface area contributed by atoms with E-state index in [1.54, 1.807) is 6.20 Å². The minimum Gasteiger partial charge on any atom is -0.383 e. The van der Waals surface area contributed by atoms with Crippen molar-refractivity contribution in [3.8, 4) is 28.6 Å². The number of aromatic nitrogens is 2. The van der Waals surface area contributed by atoms with Gasteiger partial charge in [-0.25, -0.2) is 4.98 Å². The number of anilines is 1. The molecule has 0 amide bonds. The molecule has 1 aromatic carbocycles. The van der Waals surface area contributed by atoms with Crippen molar-refractivity contribution in [2.45, 2.75) is 6.92 Å². The average molecular weight is 286 g/mol. The molecule has 4 heteroatoms. The van der Waals surface area contributed by atoms with E-state index in [1.165, 1.54) is 0 Å². The molecule has 106 valence electrons. The van der Waals surface area contributed by atoms with Crippen molar-refractivity contribution in [3.05, 3.63) is 65.9 Å². The monoisotopic (exact) mass is 286 g/mol. The lowest BCUT2D eigenvalue weighted by molar-refractivity contribution is 1.27. The quantitative estimate of drug-likeness (QED) is 0.781. The van der Waals surface area contributed by atoms with Crippen molar-refractivity contribution in [2.75, 3.05) is 5.73 Å². The molecular weight excluding hydrogens is 272 g/mol. The maximum atomic E-state index is 9.37. The summed E-state index contributed by atoms with van der Waals surface area (Å²) < 4.78 is 0. The third-order valence-corrected chi connectivity index (χ3v) is 3.41. The number of rotatable bonds is 2. The molecule has 0 fully saturated rings. The summed E-state index contributed by atoms with van der Waals surface area (Å²) in [5.74, 6) is 0.224. The summed E-state index contributed by atoms with van der Waals surface area (Å²) in [6.07, 6.45) is 1.69. The molecule has 22 heavy (non-hydrogen) atoms. The molecule has 2 N–H and O–H groups in total. The topological polar surface area (TPSA) is 75.6 Å². The molecule has 0 aliphatic carbocycles. The number of pyridine rings is 2. The Morgan fingerprint density at radius 3 is 2.59 bits per heavy atom. The maximum Gasteiger partial charge on any atom is 0.142 e. The molecule has 0 saturated heterocycles. The summed E-state index contributed by atoms with van der Waals surface area (Å²) >= 11 is 0. The van der Waals surface area contributed by atoms with E-state index < -0.39 is 0 Å². The number of nitriles is 1. The van der Waals surface area contributed by atoms with E-state index >= 15 is 0 Å². The Balaban J connectivity index is 2.24. The van der Waals surface area contributed by atoms with Gasteiger partial charge in [-0.3, -0.25) is 4.98 Å². The number of nitrogen functional groups attached to an aromatic ring is 1. The Morgan fingerprint density at radius 1 is 1.05 bits per heavy atom. The van der Waals surface area contributed by atoms with Crippen LogP contribution in [0, 0.1) is 18.3 Å². The number of hydrogen-bond donors (Lipinski definition) is 1. The van der Waals surface area contributed by atoms with E-state index in [0.717, 1.165) is 16.8 Å². The van der Waals surface area contributed by atoms with Gasteiger partial charge in [0, 0.05) is 17.3 Å². The van der Waals surface area contributed by atoms with Gasteiger partial charge >= 0.3 is 0 Å². The Bertz CT molecular complexity index is 864. The summed E-state index contributed by atoms with van der Waals surface area (Å²) in [6.45, 7) is 2.02. The highest BCUT2D eigenvalue weighted by molar-refractivity contribution is 5.78. The zero-order valence-electron chi connectivity index (χ0n) is 12.1. The number of hydrogen-bond acceptors (Lipinski definition) is 4. The molecule has 0 atom stereocenters. The minimum atomic E-state index is 0.224. The highest BCUT2D eigenvalue weighted by Crippen LogP contribution is 2.30. The maximum absolute atomic E-state index is 9.37. The summed E-state index contributed by atoms with van der Waals surface area (Å²) in [6, 6.07) is 17.6. The van der Waals surface area contributed by atoms with Gasteiger partial charge in [0.15, 0.2) is 0 Å². The fourth-order valence-corrected chi connectivity index (χ4v) is 2.36. The molecule has 0 spiro atoms. The first-order valence-corrected chi connectivity index (χ1v) is 6.88. The number of nitrogens with two attached hydrogens (primary N) is 1. The van der Waals surface area contributed by atoms with Crippen molar-refractivity contribution in [1.29, 1.82) is 5.26 Å². The molecule has 0 saturated carbocycles. The van der Waals surface area contributed by atoms with Crippen LogP contribution in [-0.2, 0) is 0 Å². The highest BCUT2D eigenvalue weighted by Gasteiger charge is 2.14. The summed E-state index contributed by atoms with van der Waals surface area (Å²) in [5.41, 5.74) is 10.6. The molecule has 0 aliphatic rings. The van der Waals surface area contributed by atoms with E-state index in [1.807, 2.05) is 55.5 Å². The van der Waals surface area contributed by atoms with Crippen molar-refractivity contribution < 1.29 is 0 Å². The van der Waals surface area contributed by atoms with Gasteiger partial charge in [-0.2, -0.15) is 5.26 Å². The summed E-state index contributed by atoms with van der Waals surface area (Å²) in [5, 5.41) is 9.37. The SMILES string of the molecule is Cc1cccc(-c2cc(-c3ccccn3)c(C#N)c(N)n2)c1. The van der Waals surface area contributed by atoms with E-state index in [0.29, 0.717) is 16.8 Å². The van der Waals surface area contributed by atoms with Crippen LogP contribution in [-0.4, -0.2) is 9.97 Å². The number of nitrogens with zero attached hydrogens (tertiary/aromatic N) is 3. The largest absolute Gasteiger partial charge is 0.383 e.